The number of hydrogen-bond acceptors (Lipinski definition) is 5. The van der Waals surface area contributed by atoms with Crippen LogP contribution in [0, 0.1) is 0 Å². The molecular weight excluding hydrogens is 507 g/mol. The minimum atomic E-state index is -0.340. The summed E-state index contributed by atoms with van der Waals surface area (Å²) in [5, 5.41) is 3.08. The minimum Gasteiger partial charge on any atom is -0.497 e. The minimum absolute atomic E-state index is 0.0595. The molecule has 2 heterocycles. The number of fused-ring (bicyclic) bond motifs is 1. The van der Waals surface area contributed by atoms with Crippen molar-refractivity contribution in [3.63, 3.8) is 0 Å². The quantitative estimate of drug-likeness (QED) is 0.391. The van der Waals surface area contributed by atoms with Crippen LogP contribution < -0.4 is 9.47 Å². The summed E-state index contributed by atoms with van der Waals surface area (Å²) in [6.07, 6.45) is 0.758. The first-order valence-electron chi connectivity index (χ1n) is 11.2. The van der Waals surface area contributed by atoms with Crippen molar-refractivity contribution in [2.24, 2.45) is 0 Å². The van der Waals surface area contributed by atoms with Crippen LogP contribution >= 0.6 is 34.5 Å². The standard InChI is InChI=1S/C26H26Cl2N2O4S/c1-4-29(26(32)16-11-18(33-2)14-19(12-16)34-3)15-24(31)30-9-7-23-21(8-10-35-23)25(30)20-6-5-17(27)13-22(20)28/h5-6,8,10-14,25H,4,7,9,15H2,1-3H3. The highest BCUT2D eigenvalue weighted by Gasteiger charge is 2.35. The Kier molecular flexibility index (Phi) is 7.89. The summed E-state index contributed by atoms with van der Waals surface area (Å²) >= 11 is 14.4. The number of benzene rings is 2. The van der Waals surface area contributed by atoms with Crippen molar-refractivity contribution in [1.29, 1.82) is 0 Å². The highest BCUT2D eigenvalue weighted by Crippen LogP contribution is 2.41. The number of carbonyl (C=O) groups excluding carboxylic acids is 2. The summed E-state index contributed by atoms with van der Waals surface area (Å²) < 4.78 is 10.6. The van der Waals surface area contributed by atoms with Crippen LogP contribution in [0.1, 0.15) is 39.3 Å². The van der Waals surface area contributed by atoms with E-state index in [1.54, 1.807) is 41.7 Å². The van der Waals surface area contributed by atoms with Crippen LogP contribution in [0.2, 0.25) is 10.0 Å². The lowest BCUT2D eigenvalue weighted by molar-refractivity contribution is -0.134. The Morgan fingerprint density at radius 2 is 1.77 bits per heavy atom. The summed E-state index contributed by atoms with van der Waals surface area (Å²) in [6, 6.07) is 12.0. The molecule has 2 aromatic carbocycles. The predicted octanol–water partition coefficient (Wildman–Crippen LogP) is 5.71. The number of ether oxygens (including phenoxy) is 2. The van der Waals surface area contributed by atoms with Gasteiger partial charge in [0.05, 0.1) is 20.3 Å². The van der Waals surface area contributed by atoms with Gasteiger partial charge in [0.1, 0.15) is 18.0 Å². The van der Waals surface area contributed by atoms with E-state index in [-0.39, 0.29) is 24.4 Å². The summed E-state index contributed by atoms with van der Waals surface area (Å²) in [5.74, 6) is 0.595. The Labute approximate surface area is 219 Å². The summed E-state index contributed by atoms with van der Waals surface area (Å²) in [4.78, 5) is 31.6. The zero-order valence-corrected chi connectivity index (χ0v) is 22.0. The Bertz CT molecular complexity index is 1220. The van der Waals surface area contributed by atoms with Crippen LogP contribution in [-0.4, -0.2) is 55.5 Å². The first-order chi connectivity index (χ1) is 16.9. The summed E-state index contributed by atoms with van der Waals surface area (Å²) in [7, 11) is 3.06. The van der Waals surface area contributed by atoms with E-state index in [0.29, 0.717) is 40.2 Å². The molecule has 0 N–H and O–H groups in total. The number of likely N-dealkylation sites (N-methyl/N-ethyl adjacent to an activating group) is 1. The normalized spacial score (nSPS) is 14.9. The van der Waals surface area contributed by atoms with Gasteiger partial charge >= 0.3 is 0 Å². The van der Waals surface area contributed by atoms with E-state index < -0.39 is 0 Å². The number of rotatable bonds is 7. The van der Waals surface area contributed by atoms with Gasteiger partial charge in [0, 0.05) is 39.6 Å². The van der Waals surface area contributed by atoms with E-state index in [9.17, 15) is 9.59 Å². The van der Waals surface area contributed by atoms with E-state index in [2.05, 4.69) is 0 Å². The first-order valence-corrected chi connectivity index (χ1v) is 12.8. The van der Waals surface area contributed by atoms with Gasteiger partial charge in [-0.25, -0.2) is 0 Å². The SMILES string of the molecule is CCN(CC(=O)N1CCc2sccc2C1c1ccc(Cl)cc1Cl)C(=O)c1cc(OC)cc(OC)c1. The summed E-state index contributed by atoms with van der Waals surface area (Å²) in [6.45, 7) is 2.70. The number of thiophene rings is 1. The van der Waals surface area contributed by atoms with Crippen LogP contribution in [0.25, 0.3) is 0 Å². The molecule has 0 bridgehead atoms. The van der Waals surface area contributed by atoms with Gasteiger partial charge in [-0.1, -0.05) is 29.3 Å². The molecule has 3 aromatic rings. The Morgan fingerprint density at radius 3 is 2.40 bits per heavy atom. The molecule has 0 spiro atoms. The van der Waals surface area contributed by atoms with Gasteiger partial charge in [0.2, 0.25) is 5.91 Å². The van der Waals surface area contributed by atoms with E-state index in [0.717, 1.165) is 17.5 Å². The highest BCUT2D eigenvalue weighted by atomic mass is 35.5. The molecule has 1 aromatic heterocycles. The Hall–Kier alpha value is -2.74. The molecule has 4 rings (SSSR count). The smallest absolute Gasteiger partial charge is 0.254 e. The van der Waals surface area contributed by atoms with Crippen molar-refractivity contribution >= 4 is 46.4 Å². The van der Waals surface area contributed by atoms with E-state index in [4.69, 9.17) is 32.7 Å². The lowest BCUT2D eigenvalue weighted by Crippen LogP contribution is -2.46. The van der Waals surface area contributed by atoms with Crippen LogP contribution in [0.15, 0.2) is 47.8 Å². The maximum atomic E-state index is 13.7. The molecule has 35 heavy (non-hydrogen) atoms. The second-order valence-corrected chi connectivity index (χ2v) is 9.97. The van der Waals surface area contributed by atoms with Crippen LogP contribution in [0.5, 0.6) is 11.5 Å². The lowest BCUT2D eigenvalue weighted by Gasteiger charge is -2.38. The van der Waals surface area contributed by atoms with Gasteiger partial charge in [0.25, 0.3) is 5.91 Å². The van der Waals surface area contributed by atoms with Crippen molar-refractivity contribution in [2.75, 3.05) is 33.9 Å². The molecule has 6 nitrogen and oxygen atoms in total. The van der Waals surface area contributed by atoms with Gasteiger partial charge in [-0.05, 0) is 60.2 Å². The Morgan fingerprint density at radius 1 is 1.06 bits per heavy atom. The fraction of sp³-hybridized carbons (Fsp3) is 0.308. The average Bonchev–Trinajstić information content (AvgIpc) is 3.35. The lowest BCUT2D eigenvalue weighted by atomic mass is 9.93. The van der Waals surface area contributed by atoms with Crippen LogP contribution in [-0.2, 0) is 11.2 Å². The summed E-state index contributed by atoms with van der Waals surface area (Å²) in [5.41, 5.74) is 2.27. The molecule has 9 heteroatoms. The molecule has 1 aliphatic heterocycles. The van der Waals surface area contributed by atoms with Crippen molar-refractivity contribution in [2.45, 2.75) is 19.4 Å². The fourth-order valence-electron chi connectivity index (χ4n) is 4.34. The molecule has 2 amide bonds. The molecule has 184 valence electrons. The monoisotopic (exact) mass is 532 g/mol. The molecule has 0 saturated carbocycles. The van der Waals surface area contributed by atoms with Gasteiger partial charge in [0.15, 0.2) is 0 Å². The third-order valence-corrected chi connectivity index (χ3v) is 7.70. The largest absolute Gasteiger partial charge is 0.497 e. The number of carbonyl (C=O) groups is 2. The topological polar surface area (TPSA) is 59.1 Å². The molecule has 0 saturated heterocycles. The molecule has 0 aliphatic carbocycles. The fourth-order valence-corrected chi connectivity index (χ4v) is 5.75. The Balaban J connectivity index is 1.62. The van der Waals surface area contributed by atoms with Crippen LogP contribution in [0.4, 0.5) is 0 Å². The maximum Gasteiger partial charge on any atom is 0.254 e. The average molecular weight is 533 g/mol. The molecule has 0 fully saturated rings. The molecule has 1 atom stereocenters. The van der Waals surface area contributed by atoms with Gasteiger partial charge in [-0.15, -0.1) is 11.3 Å². The van der Waals surface area contributed by atoms with Crippen molar-refractivity contribution < 1.29 is 19.1 Å². The second kappa shape index (κ2) is 10.9. The zero-order valence-electron chi connectivity index (χ0n) is 19.7. The van der Waals surface area contributed by atoms with E-state index in [1.807, 2.05) is 29.3 Å². The molecular formula is C26H26Cl2N2O4S. The predicted molar refractivity (Wildman–Crippen MR) is 139 cm³/mol. The third kappa shape index (κ3) is 5.27. The van der Waals surface area contributed by atoms with Crippen LogP contribution in [0.3, 0.4) is 0 Å². The zero-order chi connectivity index (χ0) is 25.1. The van der Waals surface area contributed by atoms with E-state index in [1.165, 1.54) is 24.0 Å². The first kappa shape index (κ1) is 25.4. The molecule has 1 unspecified atom stereocenters. The third-order valence-electron chi connectivity index (χ3n) is 6.14. The van der Waals surface area contributed by atoms with Crippen molar-refractivity contribution in [3.8, 4) is 11.5 Å². The number of methoxy groups -OCH3 is 2. The number of nitrogens with zero attached hydrogens (tertiary/aromatic N) is 2. The van der Waals surface area contributed by atoms with Crippen molar-refractivity contribution in [3.05, 3.63) is 79.5 Å². The van der Waals surface area contributed by atoms with Crippen molar-refractivity contribution in [1.82, 2.24) is 9.80 Å². The van der Waals surface area contributed by atoms with Gasteiger partial charge in [-0.3, -0.25) is 9.59 Å². The van der Waals surface area contributed by atoms with E-state index >= 15 is 0 Å². The number of halogens is 2. The molecule has 0 radical (unpaired) electrons. The molecule has 1 aliphatic rings. The second-order valence-electron chi connectivity index (χ2n) is 8.13. The highest BCUT2D eigenvalue weighted by molar-refractivity contribution is 7.10. The van der Waals surface area contributed by atoms with Gasteiger partial charge in [-0.2, -0.15) is 0 Å². The number of amides is 2. The van der Waals surface area contributed by atoms with Gasteiger partial charge < -0.3 is 19.3 Å². The number of hydrogen-bond donors (Lipinski definition) is 0. The maximum absolute atomic E-state index is 13.7.